The van der Waals surface area contributed by atoms with E-state index in [0.717, 1.165) is 27.5 Å². The molecular weight excluding hydrogens is 424 g/mol. The Morgan fingerprint density at radius 2 is 1.62 bits per heavy atom. The zero-order valence-corrected chi connectivity index (χ0v) is 18.2. The largest absolute Gasteiger partial charge is 0.375 e. The predicted molar refractivity (Wildman–Crippen MR) is 127 cm³/mol. The van der Waals surface area contributed by atoms with Crippen molar-refractivity contribution in [3.8, 4) is 0 Å². The minimum atomic E-state index is -0.233. The van der Waals surface area contributed by atoms with Crippen molar-refractivity contribution in [2.45, 2.75) is 10.9 Å². The van der Waals surface area contributed by atoms with Crippen LogP contribution in [0.5, 0.6) is 0 Å². The van der Waals surface area contributed by atoms with Crippen molar-refractivity contribution in [2.75, 3.05) is 24.4 Å². The van der Waals surface area contributed by atoms with Crippen molar-refractivity contribution in [3.05, 3.63) is 83.9 Å². The molecule has 1 aromatic heterocycles. The molecule has 0 fully saturated rings. The summed E-state index contributed by atoms with van der Waals surface area (Å²) in [6.45, 7) is -0.00867. The average molecular weight is 447 g/mol. The van der Waals surface area contributed by atoms with Gasteiger partial charge in [0.2, 0.25) is 5.91 Å². The summed E-state index contributed by atoms with van der Waals surface area (Å²) in [5.74, 6) is 0.318. The van der Waals surface area contributed by atoms with Crippen LogP contribution in [0.3, 0.4) is 0 Å². The minimum Gasteiger partial charge on any atom is -0.375 e. The van der Waals surface area contributed by atoms with E-state index in [9.17, 15) is 9.59 Å². The van der Waals surface area contributed by atoms with Gasteiger partial charge in [-0.15, -0.1) is 0 Å². The number of fused-ring (bicyclic) bond motifs is 1. The Morgan fingerprint density at radius 3 is 2.31 bits per heavy atom. The number of imidazole rings is 1. The Kier molecular flexibility index (Phi) is 6.84. The number of amides is 2. The molecule has 0 aliphatic heterocycles. The summed E-state index contributed by atoms with van der Waals surface area (Å²) in [6, 6.07) is 22.4. The van der Waals surface area contributed by atoms with E-state index in [4.69, 9.17) is 4.74 Å². The normalized spacial score (nSPS) is 10.8. The molecule has 3 aromatic carbocycles. The minimum absolute atomic E-state index is 0.00867. The van der Waals surface area contributed by atoms with Crippen molar-refractivity contribution in [1.29, 1.82) is 0 Å². The van der Waals surface area contributed by atoms with Crippen LogP contribution in [0, 0.1) is 0 Å². The lowest BCUT2D eigenvalue weighted by molar-refractivity contribution is -0.119. The number of carbonyl (C=O) groups is 2. The molecule has 0 aliphatic carbocycles. The highest BCUT2D eigenvalue weighted by atomic mass is 32.2. The Hall–Kier alpha value is -3.62. The van der Waals surface area contributed by atoms with Crippen LogP contribution in [0.15, 0.2) is 78.0 Å². The standard InChI is InChI=1S/C24H22N4O3S/c1-31-14-22(29)25-18-10-12-19(13-11-18)26-23(30)17-8-6-16(7-9-17)15-32-24-27-20-4-2-3-5-21(20)28-24/h2-13H,14-15H2,1H3,(H,25,29)(H,26,30)(H,27,28). The van der Waals surface area contributed by atoms with Crippen molar-refractivity contribution in [2.24, 2.45) is 0 Å². The fraction of sp³-hybridized carbons (Fsp3) is 0.125. The molecule has 1 heterocycles. The molecular formula is C24H22N4O3S. The highest BCUT2D eigenvalue weighted by molar-refractivity contribution is 7.98. The number of hydrogen-bond donors (Lipinski definition) is 3. The molecule has 162 valence electrons. The van der Waals surface area contributed by atoms with Gasteiger partial charge in [-0.05, 0) is 54.1 Å². The number of ether oxygens (including phenoxy) is 1. The van der Waals surface area contributed by atoms with Gasteiger partial charge in [-0.3, -0.25) is 9.59 Å². The second-order valence-corrected chi connectivity index (χ2v) is 8.02. The van der Waals surface area contributed by atoms with Crippen LogP contribution in [0.4, 0.5) is 11.4 Å². The van der Waals surface area contributed by atoms with Crippen LogP contribution >= 0.6 is 11.8 Å². The summed E-state index contributed by atoms with van der Waals surface area (Å²) in [5, 5.41) is 6.44. The molecule has 3 N–H and O–H groups in total. The van der Waals surface area contributed by atoms with E-state index in [1.807, 2.05) is 48.5 Å². The van der Waals surface area contributed by atoms with E-state index < -0.39 is 0 Å². The maximum absolute atomic E-state index is 12.5. The van der Waals surface area contributed by atoms with Gasteiger partial charge in [0.15, 0.2) is 5.16 Å². The quantitative estimate of drug-likeness (QED) is 0.341. The molecule has 0 radical (unpaired) electrons. The second kappa shape index (κ2) is 10.1. The van der Waals surface area contributed by atoms with Gasteiger partial charge in [0.1, 0.15) is 6.61 Å². The fourth-order valence-electron chi connectivity index (χ4n) is 3.07. The van der Waals surface area contributed by atoms with Crippen LogP contribution in [0.25, 0.3) is 11.0 Å². The SMILES string of the molecule is COCC(=O)Nc1ccc(NC(=O)c2ccc(CSc3nc4ccccc4[nH]3)cc2)cc1. The molecule has 0 saturated carbocycles. The molecule has 8 heteroatoms. The maximum atomic E-state index is 12.5. The van der Waals surface area contributed by atoms with Gasteiger partial charge in [-0.2, -0.15) is 0 Å². The van der Waals surface area contributed by atoms with Crippen LogP contribution in [-0.4, -0.2) is 35.5 Å². The molecule has 4 rings (SSSR count). The number of aromatic nitrogens is 2. The number of anilines is 2. The molecule has 0 unspecified atom stereocenters. The summed E-state index contributed by atoms with van der Waals surface area (Å²) in [5.41, 5.74) is 4.92. The topological polar surface area (TPSA) is 96.1 Å². The van der Waals surface area contributed by atoms with Crippen molar-refractivity contribution < 1.29 is 14.3 Å². The Balaban J connectivity index is 1.31. The number of carbonyl (C=O) groups excluding carboxylic acids is 2. The second-order valence-electron chi connectivity index (χ2n) is 7.06. The van der Waals surface area contributed by atoms with Gasteiger partial charge in [-0.25, -0.2) is 4.98 Å². The van der Waals surface area contributed by atoms with Gasteiger partial charge in [-0.1, -0.05) is 36.0 Å². The highest BCUT2D eigenvalue weighted by Crippen LogP contribution is 2.23. The number of aromatic amines is 1. The number of nitrogens with zero attached hydrogens (tertiary/aromatic N) is 1. The number of methoxy groups -OCH3 is 1. The number of nitrogens with one attached hydrogen (secondary N) is 3. The summed E-state index contributed by atoms with van der Waals surface area (Å²) in [4.78, 5) is 31.9. The lowest BCUT2D eigenvalue weighted by Gasteiger charge is -2.08. The third kappa shape index (κ3) is 5.54. The molecule has 4 aromatic rings. The zero-order valence-electron chi connectivity index (χ0n) is 17.4. The number of para-hydroxylation sites is 2. The Labute approximate surface area is 189 Å². The number of hydrogen-bond acceptors (Lipinski definition) is 5. The van der Waals surface area contributed by atoms with Crippen LogP contribution < -0.4 is 10.6 Å². The first-order valence-electron chi connectivity index (χ1n) is 9.97. The fourth-order valence-corrected chi connectivity index (χ4v) is 3.91. The van der Waals surface area contributed by atoms with E-state index in [2.05, 4.69) is 20.6 Å². The molecule has 7 nitrogen and oxygen atoms in total. The van der Waals surface area contributed by atoms with Crippen LogP contribution in [0.1, 0.15) is 15.9 Å². The third-order valence-electron chi connectivity index (χ3n) is 4.66. The monoisotopic (exact) mass is 446 g/mol. The molecule has 0 atom stereocenters. The lowest BCUT2D eigenvalue weighted by Crippen LogP contribution is -2.17. The molecule has 0 aliphatic rings. The zero-order chi connectivity index (χ0) is 22.3. The number of benzene rings is 3. The van der Waals surface area contributed by atoms with E-state index >= 15 is 0 Å². The van der Waals surface area contributed by atoms with E-state index in [0.29, 0.717) is 16.9 Å². The van der Waals surface area contributed by atoms with Gasteiger partial charge in [0.05, 0.1) is 11.0 Å². The van der Waals surface area contributed by atoms with Gasteiger partial charge in [0, 0.05) is 29.8 Å². The number of H-pyrrole nitrogens is 1. The smallest absolute Gasteiger partial charge is 0.255 e. The first-order valence-corrected chi connectivity index (χ1v) is 11.0. The predicted octanol–water partition coefficient (Wildman–Crippen LogP) is 4.69. The molecule has 0 saturated heterocycles. The Morgan fingerprint density at radius 1 is 0.938 bits per heavy atom. The molecule has 2 amide bonds. The summed E-state index contributed by atoms with van der Waals surface area (Å²) in [7, 11) is 1.46. The van der Waals surface area contributed by atoms with Crippen LogP contribution in [-0.2, 0) is 15.3 Å². The van der Waals surface area contributed by atoms with Crippen molar-refractivity contribution >= 4 is 46.0 Å². The summed E-state index contributed by atoms with van der Waals surface area (Å²) < 4.78 is 4.78. The van der Waals surface area contributed by atoms with Crippen molar-refractivity contribution in [1.82, 2.24) is 9.97 Å². The lowest BCUT2D eigenvalue weighted by atomic mass is 10.1. The summed E-state index contributed by atoms with van der Waals surface area (Å²) >= 11 is 1.62. The summed E-state index contributed by atoms with van der Waals surface area (Å²) in [6.07, 6.45) is 0. The Bertz CT molecular complexity index is 1190. The van der Waals surface area contributed by atoms with E-state index in [1.165, 1.54) is 7.11 Å². The number of thioether (sulfide) groups is 1. The van der Waals surface area contributed by atoms with E-state index in [1.54, 1.807) is 36.0 Å². The van der Waals surface area contributed by atoms with Gasteiger partial charge < -0.3 is 20.4 Å². The van der Waals surface area contributed by atoms with Gasteiger partial charge in [0.25, 0.3) is 5.91 Å². The third-order valence-corrected chi connectivity index (χ3v) is 5.61. The highest BCUT2D eigenvalue weighted by Gasteiger charge is 2.08. The van der Waals surface area contributed by atoms with Crippen molar-refractivity contribution in [3.63, 3.8) is 0 Å². The maximum Gasteiger partial charge on any atom is 0.255 e. The number of rotatable bonds is 8. The molecule has 0 spiro atoms. The first kappa shape index (κ1) is 21.6. The molecule has 32 heavy (non-hydrogen) atoms. The average Bonchev–Trinajstić information content (AvgIpc) is 3.22. The molecule has 0 bridgehead atoms. The van der Waals surface area contributed by atoms with E-state index in [-0.39, 0.29) is 18.4 Å². The van der Waals surface area contributed by atoms with Gasteiger partial charge >= 0.3 is 0 Å². The first-order chi connectivity index (χ1) is 15.6. The van der Waals surface area contributed by atoms with Crippen LogP contribution in [0.2, 0.25) is 0 Å².